The molecule has 94 valence electrons. The number of hydrogen-bond donors (Lipinski definition) is 2. The number of nitrogens with two attached hydrogens (primary N) is 1. The van der Waals surface area contributed by atoms with E-state index in [0.29, 0.717) is 13.2 Å². The van der Waals surface area contributed by atoms with Crippen LogP contribution < -0.4 is 10.5 Å². The fourth-order valence-electron chi connectivity index (χ4n) is 1.64. The summed E-state index contributed by atoms with van der Waals surface area (Å²) in [5.74, 6) is 0.763. The number of aliphatic hydroxyl groups excluding tert-OH is 1. The molecule has 0 radical (unpaired) electrons. The highest BCUT2D eigenvalue weighted by atomic mass is 16.5. The van der Waals surface area contributed by atoms with E-state index in [1.165, 1.54) is 0 Å². The number of aromatic nitrogens is 1. The zero-order valence-electron chi connectivity index (χ0n) is 10.0. The van der Waals surface area contributed by atoms with Crippen molar-refractivity contribution < 1.29 is 9.84 Å². The number of aliphatic hydroxyl groups is 1. The second-order valence-electron chi connectivity index (χ2n) is 3.90. The second kappa shape index (κ2) is 6.14. The van der Waals surface area contributed by atoms with Gasteiger partial charge in [0.15, 0.2) is 0 Å². The first-order chi connectivity index (χ1) is 8.83. The molecule has 0 saturated carbocycles. The van der Waals surface area contributed by atoms with Crippen LogP contribution in [0.15, 0.2) is 42.6 Å². The summed E-state index contributed by atoms with van der Waals surface area (Å²) in [4.78, 5) is 4.20. The molecule has 2 aromatic rings. The fraction of sp³-hybridized carbons (Fsp3) is 0.214. The van der Waals surface area contributed by atoms with Crippen LogP contribution in [0.25, 0.3) is 0 Å². The summed E-state index contributed by atoms with van der Waals surface area (Å²) in [6.07, 6.45) is 1.72. The molecule has 4 nitrogen and oxygen atoms in total. The zero-order valence-corrected chi connectivity index (χ0v) is 10.0. The topological polar surface area (TPSA) is 68.4 Å². The average molecular weight is 244 g/mol. The van der Waals surface area contributed by atoms with Gasteiger partial charge in [0, 0.05) is 18.3 Å². The largest absolute Gasteiger partial charge is 0.489 e. The summed E-state index contributed by atoms with van der Waals surface area (Å²) in [5.41, 5.74) is 8.32. The molecule has 4 heteroatoms. The third-order valence-electron chi connectivity index (χ3n) is 2.68. The molecule has 0 amide bonds. The van der Waals surface area contributed by atoms with E-state index in [-0.39, 0.29) is 6.61 Å². The van der Waals surface area contributed by atoms with Gasteiger partial charge in [0.1, 0.15) is 12.4 Å². The Hall–Kier alpha value is -1.91. The Morgan fingerprint density at radius 1 is 1.17 bits per heavy atom. The lowest BCUT2D eigenvalue weighted by Crippen LogP contribution is -2.06. The first-order valence-electron chi connectivity index (χ1n) is 5.79. The Kier molecular flexibility index (Phi) is 4.28. The summed E-state index contributed by atoms with van der Waals surface area (Å²) in [7, 11) is 0. The number of benzene rings is 1. The van der Waals surface area contributed by atoms with Crippen molar-refractivity contribution in [3.63, 3.8) is 0 Å². The normalized spacial score (nSPS) is 10.3. The van der Waals surface area contributed by atoms with Crippen LogP contribution in [-0.4, -0.2) is 10.1 Å². The Bertz CT molecular complexity index is 497. The SMILES string of the molecule is NCc1ncccc1COc1ccc(CO)cc1. The predicted octanol–water partition coefficient (Wildman–Crippen LogP) is 1.61. The lowest BCUT2D eigenvalue weighted by atomic mass is 10.2. The van der Waals surface area contributed by atoms with Crippen LogP contribution in [0.5, 0.6) is 5.75 Å². The van der Waals surface area contributed by atoms with Gasteiger partial charge < -0.3 is 15.6 Å². The summed E-state index contributed by atoms with van der Waals surface area (Å²) >= 11 is 0. The summed E-state index contributed by atoms with van der Waals surface area (Å²) in [6, 6.07) is 11.2. The van der Waals surface area contributed by atoms with Crippen molar-refractivity contribution in [1.29, 1.82) is 0 Å². The van der Waals surface area contributed by atoms with E-state index < -0.39 is 0 Å². The van der Waals surface area contributed by atoms with Crippen molar-refractivity contribution in [2.75, 3.05) is 0 Å². The molecule has 0 atom stereocenters. The second-order valence-corrected chi connectivity index (χ2v) is 3.90. The summed E-state index contributed by atoms with van der Waals surface area (Å²) < 4.78 is 5.66. The minimum Gasteiger partial charge on any atom is -0.489 e. The minimum atomic E-state index is 0.0419. The van der Waals surface area contributed by atoms with Crippen LogP contribution in [0.4, 0.5) is 0 Å². The van der Waals surface area contributed by atoms with E-state index in [1.54, 1.807) is 6.20 Å². The summed E-state index contributed by atoms with van der Waals surface area (Å²) in [5, 5.41) is 8.94. The third kappa shape index (κ3) is 3.06. The molecule has 3 N–H and O–H groups in total. The number of nitrogens with zero attached hydrogens (tertiary/aromatic N) is 1. The Morgan fingerprint density at radius 2 is 1.94 bits per heavy atom. The highest BCUT2D eigenvalue weighted by Crippen LogP contribution is 2.15. The van der Waals surface area contributed by atoms with Crippen LogP contribution in [0.3, 0.4) is 0 Å². The van der Waals surface area contributed by atoms with Crippen LogP contribution in [0.1, 0.15) is 16.8 Å². The van der Waals surface area contributed by atoms with E-state index in [2.05, 4.69) is 4.98 Å². The van der Waals surface area contributed by atoms with E-state index >= 15 is 0 Å². The summed E-state index contributed by atoms with van der Waals surface area (Å²) in [6.45, 7) is 0.891. The molecule has 0 bridgehead atoms. The predicted molar refractivity (Wildman–Crippen MR) is 68.8 cm³/mol. The van der Waals surface area contributed by atoms with Gasteiger partial charge in [0.05, 0.1) is 12.3 Å². The molecule has 0 spiro atoms. The number of ether oxygens (including phenoxy) is 1. The van der Waals surface area contributed by atoms with Crippen LogP contribution in [0, 0.1) is 0 Å². The Balaban J connectivity index is 2.02. The highest BCUT2D eigenvalue weighted by molar-refractivity contribution is 5.27. The molecule has 0 aliphatic rings. The zero-order chi connectivity index (χ0) is 12.8. The molecular weight excluding hydrogens is 228 g/mol. The van der Waals surface area contributed by atoms with Crippen LogP contribution in [0.2, 0.25) is 0 Å². The maximum atomic E-state index is 8.94. The van der Waals surface area contributed by atoms with Crippen molar-refractivity contribution in [2.24, 2.45) is 5.73 Å². The molecule has 1 aromatic carbocycles. The van der Waals surface area contributed by atoms with Gasteiger partial charge in [-0.25, -0.2) is 0 Å². The van der Waals surface area contributed by atoms with Crippen LogP contribution >= 0.6 is 0 Å². The first kappa shape index (κ1) is 12.5. The van der Waals surface area contributed by atoms with E-state index in [4.69, 9.17) is 15.6 Å². The molecule has 0 aliphatic heterocycles. The van der Waals surface area contributed by atoms with Gasteiger partial charge in [-0.1, -0.05) is 18.2 Å². The van der Waals surface area contributed by atoms with Gasteiger partial charge in [0.25, 0.3) is 0 Å². The lowest BCUT2D eigenvalue weighted by molar-refractivity contribution is 0.280. The minimum absolute atomic E-state index is 0.0419. The monoisotopic (exact) mass is 244 g/mol. The van der Waals surface area contributed by atoms with E-state index in [0.717, 1.165) is 22.6 Å². The van der Waals surface area contributed by atoms with Crippen molar-refractivity contribution in [3.05, 3.63) is 59.4 Å². The number of pyridine rings is 1. The Labute approximate surface area is 106 Å². The maximum absolute atomic E-state index is 8.94. The van der Waals surface area contributed by atoms with Crippen molar-refractivity contribution in [2.45, 2.75) is 19.8 Å². The van der Waals surface area contributed by atoms with Gasteiger partial charge in [0.2, 0.25) is 0 Å². The molecular formula is C14H16N2O2. The molecule has 0 aliphatic carbocycles. The molecule has 0 saturated heterocycles. The molecule has 0 unspecified atom stereocenters. The average Bonchev–Trinajstić information content (AvgIpc) is 2.46. The van der Waals surface area contributed by atoms with Gasteiger partial charge in [-0.3, -0.25) is 4.98 Å². The van der Waals surface area contributed by atoms with Crippen molar-refractivity contribution in [1.82, 2.24) is 4.98 Å². The number of hydrogen-bond acceptors (Lipinski definition) is 4. The van der Waals surface area contributed by atoms with Crippen molar-refractivity contribution >= 4 is 0 Å². The third-order valence-corrected chi connectivity index (χ3v) is 2.68. The smallest absolute Gasteiger partial charge is 0.119 e. The van der Waals surface area contributed by atoms with E-state index in [9.17, 15) is 0 Å². The standard InChI is InChI=1S/C14H16N2O2/c15-8-14-12(2-1-7-16-14)10-18-13-5-3-11(9-17)4-6-13/h1-7,17H,8-10,15H2. The quantitative estimate of drug-likeness (QED) is 0.838. The number of rotatable bonds is 5. The lowest BCUT2D eigenvalue weighted by Gasteiger charge is -2.09. The Morgan fingerprint density at radius 3 is 2.61 bits per heavy atom. The highest BCUT2D eigenvalue weighted by Gasteiger charge is 2.02. The van der Waals surface area contributed by atoms with E-state index in [1.807, 2.05) is 36.4 Å². The molecule has 18 heavy (non-hydrogen) atoms. The van der Waals surface area contributed by atoms with Gasteiger partial charge in [-0.2, -0.15) is 0 Å². The van der Waals surface area contributed by atoms with Gasteiger partial charge in [-0.15, -0.1) is 0 Å². The first-order valence-corrected chi connectivity index (χ1v) is 5.79. The van der Waals surface area contributed by atoms with Gasteiger partial charge in [-0.05, 0) is 23.8 Å². The molecule has 0 fully saturated rings. The maximum Gasteiger partial charge on any atom is 0.119 e. The molecule has 2 rings (SSSR count). The van der Waals surface area contributed by atoms with Gasteiger partial charge >= 0.3 is 0 Å². The fourth-order valence-corrected chi connectivity index (χ4v) is 1.64. The van der Waals surface area contributed by atoms with Crippen molar-refractivity contribution in [3.8, 4) is 5.75 Å². The van der Waals surface area contributed by atoms with Crippen LogP contribution in [-0.2, 0) is 19.8 Å². The molecule has 1 heterocycles. The molecule has 1 aromatic heterocycles.